The van der Waals surface area contributed by atoms with Crippen molar-refractivity contribution in [2.24, 2.45) is 11.7 Å². The minimum atomic E-state index is -3.33. The van der Waals surface area contributed by atoms with E-state index in [2.05, 4.69) is 10.0 Å². The van der Waals surface area contributed by atoms with Gasteiger partial charge in [0.1, 0.15) is 0 Å². The first-order valence-electron chi connectivity index (χ1n) is 7.21. The van der Waals surface area contributed by atoms with Gasteiger partial charge in [-0.2, -0.15) is 0 Å². The van der Waals surface area contributed by atoms with E-state index in [0.717, 1.165) is 25.7 Å². The fourth-order valence-corrected chi connectivity index (χ4v) is 3.85. The van der Waals surface area contributed by atoms with Crippen molar-refractivity contribution >= 4 is 28.3 Å². The number of hydrogen-bond acceptors (Lipinski definition) is 4. The first-order chi connectivity index (χ1) is 9.14. The maximum atomic E-state index is 12.1. The standard InChI is InChI=1S/C13H27N3O3S.ClH/c1-10(2)16-20(18,19)9-8-15-12(17)11-6-4-5-7-13(11,3)14;/h10-11,16H,4-9,14H2,1-3H3,(H,15,17);1H. The molecule has 1 saturated carbocycles. The van der Waals surface area contributed by atoms with Crippen LogP contribution in [0.3, 0.4) is 0 Å². The Balaban J connectivity index is 0.00000400. The summed E-state index contributed by atoms with van der Waals surface area (Å²) in [4.78, 5) is 12.1. The predicted molar refractivity (Wildman–Crippen MR) is 86.9 cm³/mol. The molecule has 1 aliphatic rings. The number of amides is 1. The minimum absolute atomic E-state index is 0. The monoisotopic (exact) mass is 341 g/mol. The first kappa shape index (κ1) is 20.6. The average Bonchev–Trinajstić information content (AvgIpc) is 2.25. The summed E-state index contributed by atoms with van der Waals surface area (Å²) < 4.78 is 25.8. The van der Waals surface area contributed by atoms with E-state index in [1.165, 1.54) is 0 Å². The fourth-order valence-electron chi connectivity index (χ4n) is 2.64. The van der Waals surface area contributed by atoms with Gasteiger partial charge in [0.05, 0.1) is 11.7 Å². The van der Waals surface area contributed by atoms with Crippen LogP contribution in [0.25, 0.3) is 0 Å². The van der Waals surface area contributed by atoms with Crippen molar-refractivity contribution in [2.75, 3.05) is 12.3 Å². The van der Waals surface area contributed by atoms with Gasteiger partial charge >= 0.3 is 0 Å². The largest absolute Gasteiger partial charge is 0.355 e. The Kier molecular flexibility index (Phi) is 8.17. The number of rotatable bonds is 6. The van der Waals surface area contributed by atoms with Crippen LogP contribution in [0.15, 0.2) is 0 Å². The zero-order valence-corrected chi connectivity index (χ0v) is 14.6. The van der Waals surface area contributed by atoms with Crippen LogP contribution >= 0.6 is 12.4 Å². The summed E-state index contributed by atoms with van der Waals surface area (Å²) in [5, 5.41) is 2.70. The van der Waals surface area contributed by atoms with E-state index in [1.807, 2.05) is 6.92 Å². The molecule has 0 heterocycles. The Morgan fingerprint density at radius 2 is 2.00 bits per heavy atom. The van der Waals surface area contributed by atoms with Gasteiger partial charge in [-0.3, -0.25) is 4.79 Å². The van der Waals surface area contributed by atoms with Crippen molar-refractivity contribution in [3.63, 3.8) is 0 Å². The Hall–Kier alpha value is -0.370. The van der Waals surface area contributed by atoms with Crippen LogP contribution in [-0.4, -0.2) is 38.2 Å². The summed E-state index contributed by atoms with van der Waals surface area (Å²) in [6.45, 7) is 5.54. The molecule has 0 spiro atoms. The highest BCUT2D eigenvalue weighted by molar-refractivity contribution is 7.89. The molecule has 2 atom stereocenters. The third kappa shape index (κ3) is 6.95. The lowest BCUT2D eigenvalue weighted by Gasteiger charge is -2.37. The second-order valence-electron chi connectivity index (χ2n) is 6.19. The molecule has 4 N–H and O–H groups in total. The molecule has 1 rings (SSSR count). The van der Waals surface area contributed by atoms with E-state index >= 15 is 0 Å². The van der Waals surface area contributed by atoms with Crippen molar-refractivity contribution in [1.82, 2.24) is 10.0 Å². The third-order valence-electron chi connectivity index (χ3n) is 3.66. The lowest BCUT2D eigenvalue weighted by molar-refractivity contribution is -0.127. The smallest absolute Gasteiger partial charge is 0.224 e. The van der Waals surface area contributed by atoms with Crippen LogP contribution < -0.4 is 15.8 Å². The van der Waals surface area contributed by atoms with Crippen molar-refractivity contribution in [2.45, 2.75) is 58.0 Å². The number of nitrogens with one attached hydrogen (secondary N) is 2. The summed E-state index contributed by atoms with van der Waals surface area (Å²) in [7, 11) is -3.33. The first-order valence-corrected chi connectivity index (χ1v) is 8.86. The molecule has 2 unspecified atom stereocenters. The van der Waals surface area contributed by atoms with Gasteiger partial charge in [0.15, 0.2) is 0 Å². The zero-order valence-electron chi connectivity index (χ0n) is 13.0. The van der Waals surface area contributed by atoms with Crippen molar-refractivity contribution < 1.29 is 13.2 Å². The highest BCUT2D eigenvalue weighted by atomic mass is 35.5. The molecular formula is C13H28ClN3O3S. The van der Waals surface area contributed by atoms with E-state index in [-0.39, 0.29) is 42.6 Å². The van der Waals surface area contributed by atoms with Crippen molar-refractivity contribution in [3.8, 4) is 0 Å². The van der Waals surface area contributed by atoms with Gasteiger partial charge in [-0.1, -0.05) is 12.8 Å². The van der Waals surface area contributed by atoms with Gasteiger partial charge in [-0.15, -0.1) is 12.4 Å². The highest BCUT2D eigenvalue weighted by Gasteiger charge is 2.37. The number of sulfonamides is 1. The molecular weight excluding hydrogens is 314 g/mol. The lowest BCUT2D eigenvalue weighted by atomic mass is 9.74. The molecule has 0 saturated heterocycles. The molecule has 0 aliphatic heterocycles. The maximum Gasteiger partial charge on any atom is 0.224 e. The van der Waals surface area contributed by atoms with Gasteiger partial charge < -0.3 is 11.1 Å². The number of halogens is 1. The van der Waals surface area contributed by atoms with Crippen LogP contribution in [0.5, 0.6) is 0 Å². The molecule has 8 heteroatoms. The molecule has 0 radical (unpaired) electrons. The minimum Gasteiger partial charge on any atom is -0.355 e. The van der Waals surface area contributed by atoms with Gasteiger partial charge in [0.2, 0.25) is 15.9 Å². The Morgan fingerprint density at radius 3 is 2.52 bits per heavy atom. The third-order valence-corrected chi connectivity index (χ3v) is 5.23. The Bertz CT molecular complexity index is 438. The summed E-state index contributed by atoms with van der Waals surface area (Å²) in [6.07, 6.45) is 3.65. The Morgan fingerprint density at radius 1 is 1.38 bits per heavy atom. The van der Waals surface area contributed by atoms with Gasteiger partial charge in [0.25, 0.3) is 0 Å². The molecule has 0 aromatic heterocycles. The summed E-state index contributed by atoms with van der Waals surface area (Å²) in [5.74, 6) is -0.461. The van der Waals surface area contributed by atoms with Crippen molar-refractivity contribution in [3.05, 3.63) is 0 Å². The molecule has 6 nitrogen and oxygen atoms in total. The maximum absolute atomic E-state index is 12.1. The number of hydrogen-bond donors (Lipinski definition) is 3. The second kappa shape index (κ2) is 8.31. The molecule has 1 fully saturated rings. The van der Waals surface area contributed by atoms with Crippen LogP contribution in [0, 0.1) is 5.92 Å². The van der Waals surface area contributed by atoms with Gasteiger partial charge in [-0.25, -0.2) is 13.1 Å². The number of carbonyl (C=O) groups is 1. The van der Waals surface area contributed by atoms with E-state index in [1.54, 1.807) is 13.8 Å². The van der Waals surface area contributed by atoms with Gasteiger partial charge in [0, 0.05) is 18.1 Å². The molecule has 0 bridgehead atoms. The molecule has 126 valence electrons. The van der Waals surface area contributed by atoms with E-state index in [4.69, 9.17) is 5.73 Å². The lowest BCUT2D eigenvalue weighted by Crippen LogP contribution is -2.53. The topological polar surface area (TPSA) is 101 Å². The van der Waals surface area contributed by atoms with Crippen LogP contribution in [0.4, 0.5) is 0 Å². The van der Waals surface area contributed by atoms with Crippen LogP contribution in [0.2, 0.25) is 0 Å². The molecule has 1 aliphatic carbocycles. The van der Waals surface area contributed by atoms with E-state index in [9.17, 15) is 13.2 Å². The average molecular weight is 342 g/mol. The van der Waals surface area contributed by atoms with Gasteiger partial charge in [-0.05, 0) is 33.6 Å². The molecule has 1 amide bonds. The highest BCUT2D eigenvalue weighted by Crippen LogP contribution is 2.31. The van der Waals surface area contributed by atoms with Crippen LogP contribution in [0.1, 0.15) is 46.5 Å². The van der Waals surface area contributed by atoms with E-state index in [0.29, 0.717) is 0 Å². The van der Waals surface area contributed by atoms with E-state index < -0.39 is 15.6 Å². The summed E-state index contributed by atoms with van der Waals surface area (Å²) in [6, 6.07) is -0.138. The van der Waals surface area contributed by atoms with Crippen molar-refractivity contribution in [1.29, 1.82) is 0 Å². The Labute approximate surface area is 134 Å². The summed E-state index contributed by atoms with van der Waals surface area (Å²) >= 11 is 0. The molecule has 21 heavy (non-hydrogen) atoms. The second-order valence-corrected chi connectivity index (χ2v) is 8.06. The molecule has 0 aromatic rings. The number of nitrogens with two attached hydrogens (primary N) is 1. The number of carbonyl (C=O) groups excluding carboxylic acids is 1. The summed E-state index contributed by atoms with van der Waals surface area (Å²) in [5.41, 5.74) is 5.67. The normalized spacial score (nSPS) is 26.2. The zero-order chi connectivity index (χ0) is 15.4. The van der Waals surface area contributed by atoms with Crippen LogP contribution in [-0.2, 0) is 14.8 Å². The fraction of sp³-hybridized carbons (Fsp3) is 0.923. The quantitative estimate of drug-likeness (QED) is 0.663. The SMILES string of the molecule is CC(C)NS(=O)(=O)CCNC(=O)C1CCCCC1(C)N.Cl. The molecule has 0 aromatic carbocycles. The predicted octanol–water partition coefficient (Wildman–Crippen LogP) is 0.760.